The minimum Gasteiger partial charge on any atom is -0.336 e. The van der Waals surface area contributed by atoms with Crippen molar-refractivity contribution >= 4 is 16.8 Å². The van der Waals surface area contributed by atoms with Gasteiger partial charge in [-0.1, -0.05) is 42.5 Å². The van der Waals surface area contributed by atoms with E-state index in [9.17, 15) is 9.59 Å². The van der Waals surface area contributed by atoms with Gasteiger partial charge in [-0.05, 0) is 30.5 Å². The number of fused-ring (bicyclic) bond motifs is 1. The maximum absolute atomic E-state index is 12.8. The molecule has 3 aromatic rings. The van der Waals surface area contributed by atoms with Gasteiger partial charge in [0, 0.05) is 18.4 Å². The highest BCUT2D eigenvalue weighted by atomic mass is 16.2. The zero-order valence-electron chi connectivity index (χ0n) is 14.5. The van der Waals surface area contributed by atoms with Crippen LogP contribution in [0.5, 0.6) is 0 Å². The Morgan fingerprint density at radius 2 is 1.85 bits per heavy atom. The van der Waals surface area contributed by atoms with E-state index in [0.717, 1.165) is 24.9 Å². The van der Waals surface area contributed by atoms with Crippen LogP contribution in [0, 0.1) is 0 Å². The number of hydrogen-bond acceptors (Lipinski definition) is 3. The lowest BCUT2D eigenvalue weighted by molar-refractivity contribution is -0.132. The molecule has 5 heteroatoms. The van der Waals surface area contributed by atoms with Crippen LogP contribution in [0.1, 0.15) is 30.9 Å². The third-order valence-electron chi connectivity index (χ3n) is 5.06. The smallest absolute Gasteiger partial charge is 0.224 e. The maximum Gasteiger partial charge on any atom is 0.224 e. The third kappa shape index (κ3) is 3.12. The quantitative estimate of drug-likeness (QED) is 0.728. The summed E-state index contributed by atoms with van der Waals surface area (Å²) in [5.41, 5.74) is 1.88. The second-order valence-electron chi connectivity index (χ2n) is 6.65. The van der Waals surface area contributed by atoms with E-state index >= 15 is 0 Å². The SMILES string of the molecule is O=C(CCn1ncc(=O)c2ccccc21)N1CCCC1c1ccccc1. The summed E-state index contributed by atoms with van der Waals surface area (Å²) in [6.07, 6.45) is 3.75. The Kier molecular flexibility index (Phi) is 4.52. The number of rotatable bonds is 4. The first-order valence-corrected chi connectivity index (χ1v) is 9.03. The average molecular weight is 347 g/mol. The topological polar surface area (TPSA) is 55.2 Å². The molecule has 1 saturated heterocycles. The molecule has 1 aliphatic heterocycles. The van der Waals surface area contributed by atoms with Crippen molar-refractivity contribution in [3.8, 4) is 0 Å². The van der Waals surface area contributed by atoms with Gasteiger partial charge in [0.1, 0.15) is 0 Å². The molecular formula is C21H21N3O2. The van der Waals surface area contributed by atoms with Crippen LogP contribution in [-0.2, 0) is 11.3 Å². The summed E-state index contributed by atoms with van der Waals surface area (Å²) >= 11 is 0. The Labute approximate surface area is 151 Å². The van der Waals surface area contributed by atoms with Gasteiger partial charge in [0.25, 0.3) is 0 Å². The molecule has 26 heavy (non-hydrogen) atoms. The highest BCUT2D eigenvalue weighted by Crippen LogP contribution is 2.32. The van der Waals surface area contributed by atoms with Gasteiger partial charge in [-0.25, -0.2) is 0 Å². The Hall–Kier alpha value is -2.95. The predicted octanol–water partition coefficient (Wildman–Crippen LogP) is 3.15. The molecule has 132 valence electrons. The van der Waals surface area contributed by atoms with Gasteiger partial charge >= 0.3 is 0 Å². The highest BCUT2D eigenvalue weighted by Gasteiger charge is 2.29. The summed E-state index contributed by atoms with van der Waals surface area (Å²) in [4.78, 5) is 26.7. The number of likely N-dealkylation sites (tertiary alicyclic amines) is 1. The highest BCUT2D eigenvalue weighted by molar-refractivity contribution is 5.79. The minimum atomic E-state index is -0.0909. The number of carbonyl (C=O) groups excluding carboxylic acids is 1. The zero-order valence-corrected chi connectivity index (χ0v) is 14.5. The van der Waals surface area contributed by atoms with Crippen LogP contribution in [-0.4, -0.2) is 27.1 Å². The van der Waals surface area contributed by atoms with E-state index in [1.54, 1.807) is 10.7 Å². The maximum atomic E-state index is 12.8. The molecule has 4 rings (SSSR count). The van der Waals surface area contributed by atoms with Crippen molar-refractivity contribution < 1.29 is 4.79 Å². The molecule has 0 radical (unpaired) electrons. The van der Waals surface area contributed by atoms with E-state index in [0.29, 0.717) is 18.4 Å². The van der Waals surface area contributed by atoms with E-state index < -0.39 is 0 Å². The molecule has 2 aromatic carbocycles. The first kappa shape index (κ1) is 16.5. The van der Waals surface area contributed by atoms with Crippen molar-refractivity contribution in [2.45, 2.75) is 31.8 Å². The van der Waals surface area contributed by atoms with Gasteiger partial charge < -0.3 is 4.90 Å². The number of aryl methyl sites for hydroxylation is 1. The summed E-state index contributed by atoms with van der Waals surface area (Å²) in [6, 6.07) is 17.8. The van der Waals surface area contributed by atoms with Crippen LogP contribution in [0.4, 0.5) is 0 Å². The average Bonchev–Trinajstić information content (AvgIpc) is 3.18. The Bertz CT molecular complexity index is 981. The fraction of sp³-hybridized carbons (Fsp3) is 0.286. The molecule has 0 N–H and O–H groups in total. The second kappa shape index (κ2) is 7.12. The van der Waals surface area contributed by atoms with Crippen molar-refractivity contribution in [2.75, 3.05) is 6.54 Å². The molecule has 1 aliphatic rings. The Balaban J connectivity index is 1.51. The minimum absolute atomic E-state index is 0.0909. The molecule has 2 heterocycles. The monoisotopic (exact) mass is 347 g/mol. The van der Waals surface area contributed by atoms with Crippen LogP contribution in [0.25, 0.3) is 10.9 Å². The number of para-hydroxylation sites is 1. The van der Waals surface area contributed by atoms with Crippen molar-refractivity contribution in [3.05, 3.63) is 76.6 Å². The normalized spacial score (nSPS) is 16.9. The van der Waals surface area contributed by atoms with Crippen LogP contribution >= 0.6 is 0 Å². The van der Waals surface area contributed by atoms with Crippen molar-refractivity contribution in [1.82, 2.24) is 14.7 Å². The van der Waals surface area contributed by atoms with Crippen LogP contribution in [0.2, 0.25) is 0 Å². The molecule has 0 bridgehead atoms. The van der Waals surface area contributed by atoms with Crippen LogP contribution in [0.3, 0.4) is 0 Å². The molecule has 1 aromatic heterocycles. The first-order chi connectivity index (χ1) is 12.7. The first-order valence-electron chi connectivity index (χ1n) is 9.03. The third-order valence-corrected chi connectivity index (χ3v) is 5.06. The Morgan fingerprint density at radius 3 is 2.69 bits per heavy atom. The summed E-state index contributed by atoms with van der Waals surface area (Å²) in [5.74, 6) is 0.140. The molecule has 0 saturated carbocycles. The van der Waals surface area contributed by atoms with Gasteiger partial charge in [0.05, 0.1) is 24.3 Å². The number of carbonyl (C=O) groups is 1. The van der Waals surface area contributed by atoms with Gasteiger partial charge in [0.2, 0.25) is 11.3 Å². The molecule has 1 fully saturated rings. The molecule has 0 spiro atoms. The summed E-state index contributed by atoms with van der Waals surface area (Å²) in [5, 5.41) is 4.85. The van der Waals surface area contributed by atoms with Crippen LogP contribution < -0.4 is 5.43 Å². The number of nitrogens with zero attached hydrogens (tertiary/aromatic N) is 3. The fourth-order valence-electron chi connectivity index (χ4n) is 3.77. The van der Waals surface area contributed by atoms with Gasteiger partial charge in [-0.3, -0.25) is 14.3 Å². The van der Waals surface area contributed by atoms with Crippen LogP contribution in [0.15, 0.2) is 65.6 Å². The van der Waals surface area contributed by atoms with Gasteiger partial charge in [-0.15, -0.1) is 0 Å². The molecule has 5 nitrogen and oxygen atoms in total. The van der Waals surface area contributed by atoms with E-state index in [2.05, 4.69) is 17.2 Å². The summed E-state index contributed by atoms with van der Waals surface area (Å²) in [6.45, 7) is 1.27. The number of aromatic nitrogens is 2. The standard InChI is InChI=1S/C21H21N3O2/c25-20-15-22-24(19-10-5-4-9-17(19)20)14-12-21(26)23-13-6-11-18(23)16-7-2-1-3-8-16/h1-5,7-10,15,18H,6,11-14H2. The number of benzene rings is 2. The van der Waals surface area contributed by atoms with Crippen molar-refractivity contribution in [1.29, 1.82) is 0 Å². The molecule has 1 unspecified atom stereocenters. The summed E-state index contributed by atoms with van der Waals surface area (Å²) < 4.78 is 1.75. The van der Waals surface area contributed by atoms with E-state index in [1.807, 2.05) is 41.3 Å². The largest absolute Gasteiger partial charge is 0.336 e. The molecule has 0 aliphatic carbocycles. The number of amides is 1. The van der Waals surface area contributed by atoms with E-state index in [-0.39, 0.29) is 17.4 Å². The van der Waals surface area contributed by atoms with E-state index in [1.165, 1.54) is 11.8 Å². The van der Waals surface area contributed by atoms with E-state index in [4.69, 9.17) is 0 Å². The molecule has 1 amide bonds. The lowest BCUT2D eigenvalue weighted by Crippen LogP contribution is -2.31. The van der Waals surface area contributed by atoms with Crippen molar-refractivity contribution in [2.24, 2.45) is 0 Å². The second-order valence-corrected chi connectivity index (χ2v) is 6.65. The van der Waals surface area contributed by atoms with Gasteiger partial charge in [-0.2, -0.15) is 5.10 Å². The lowest BCUT2D eigenvalue weighted by Gasteiger charge is -2.25. The predicted molar refractivity (Wildman–Crippen MR) is 101 cm³/mol. The fourth-order valence-corrected chi connectivity index (χ4v) is 3.77. The Morgan fingerprint density at radius 1 is 1.08 bits per heavy atom. The molecule has 1 atom stereocenters. The zero-order chi connectivity index (χ0) is 17.9. The summed E-state index contributed by atoms with van der Waals surface area (Å²) in [7, 11) is 0. The molecular weight excluding hydrogens is 326 g/mol. The van der Waals surface area contributed by atoms with Crippen molar-refractivity contribution in [3.63, 3.8) is 0 Å². The lowest BCUT2D eigenvalue weighted by atomic mass is 10.0. The van der Waals surface area contributed by atoms with Gasteiger partial charge in [0.15, 0.2) is 0 Å². The number of hydrogen-bond donors (Lipinski definition) is 0.